The lowest BCUT2D eigenvalue weighted by Gasteiger charge is -2.10. The minimum Gasteiger partial charge on any atom is -0.508 e. The van der Waals surface area contributed by atoms with E-state index in [4.69, 9.17) is 5.73 Å². The Morgan fingerprint density at radius 2 is 2.17 bits per heavy atom. The van der Waals surface area contributed by atoms with E-state index in [9.17, 15) is 5.11 Å². The summed E-state index contributed by atoms with van der Waals surface area (Å²) in [6.45, 7) is 3.59. The molecule has 0 aliphatic heterocycles. The topological polar surface area (TPSA) is 46.2 Å². The lowest BCUT2D eigenvalue weighted by molar-refractivity contribution is 0.461. The van der Waals surface area contributed by atoms with E-state index in [0.29, 0.717) is 6.42 Å². The molecular formula is C10H13NO. The van der Waals surface area contributed by atoms with Crippen LogP contribution in [0.3, 0.4) is 0 Å². The third kappa shape index (κ3) is 1.86. The molecule has 64 valence electrons. The summed E-state index contributed by atoms with van der Waals surface area (Å²) in [4.78, 5) is 0. The van der Waals surface area contributed by atoms with Gasteiger partial charge in [-0.25, -0.2) is 0 Å². The van der Waals surface area contributed by atoms with Crippen LogP contribution < -0.4 is 5.73 Å². The maximum absolute atomic E-state index is 9.39. The number of hydrogen-bond acceptors (Lipinski definition) is 2. The second-order valence-electron chi connectivity index (χ2n) is 2.69. The summed E-state index contributed by atoms with van der Waals surface area (Å²) in [6.07, 6.45) is 2.43. The van der Waals surface area contributed by atoms with E-state index < -0.39 is 0 Å². The van der Waals surface area contributed by atoms with E-state index in [2.05, 4.69) is 6.58 Å². The van der Waals surface area contributed by atoms with Crippen molar-refractivity contribution in [3.63, 3.8) is 0 Å². The number of aromatic hydroxyl groups is 1. The monoisotopic (exact) mass is 163 g/mol. The number of phenolic OH excluding ortho intramolecular Hbond substituents is 1. The molecule has 0 saturated heterocycles. The van der Waals surface area contributed by atoms with Gasteiger partial charge in [-0.3, -0.25) is 0 Å². The number of para-hydroxylation sites is 1. The first-order chi connectivity index (χ1) is 5.75. The first kappa shape index (κ1) is 8.81. The number of benzene rings is 1. The van der Waals surface area contributed by atoms with Gasteiger partial charge in [-0.1, -0.05) is 24.3 Å². The van der Waals surface area contributed by atoms with Gasteiger partial charge in [0.1, 0.15) is 5.75 Å². The molecule has 2 heteroatoms. The summed E-state index contributed by atoms with van der Waals surface area (Å²) >= 11 is 0. The van der Waals surface area contributed by atoms with Crippen molar-refractivity contribution in [1.82, 2.24) is 0 Å². The van der Waals surface area contributed by atoms with Gasteiger partial charge in [-0.2, -0.15) is 0 Å². The fourth-order valence-corrected chi connectivity index (χ4v) is 1.11. The molecule has 0 saturated carbocycles. The van der Waals surface area contributed by atoms with Gasteiger partial charge in [-0.15, -0.1) is 6.58 Å². The highest BCUT2D eigenvalue weighted by molar-refractivity contribution is 5.34. The van der Waals surface area contributed by atoms with Gasteiger partial charge in [0.2, 0.25) is 0 Å². The molecule has 3 N–H and O–H groups in total. The molecule has 1 atom stereocenters. The molecule has 1 rings (SSSR count). The fourth-order valence-electron chi connectivity index (χ4n) is 1.11. The molecule has 1 aromatic rings. The molecule has 0 radical (unpaired) electrons. The Labute approximate surface area is 72.3 Å². The first-order valence-corrected chi connectivity index (χ1v) is 3.90. The summed E-state index contributed by atoms with van der Waals surface area (Å²) in [6, 6.07) is 6.95. The molecule has 0 bridgehead atoms. The molecule has 0 aliphatic carbocycles. The van der Waals surface area contributed by atoms with E-state index in [-0.39, 0.29) is 11.8 Å². The Balaban J connectivity index is 2.86. The molecule has 0 aliphatic rings. The first-order valence-electron chi connectivity index (χ1n) is 3.90. The SMILES string of the molecule is C=CC[C@H](N)c1ccccc1O. The average Bonchev–Trinajstić information content (AvgIpc) is 2.05. The normalized spacial score (nSPS) is 12.4. The summed E-state index contributed by atoms with van der Waals surface area (Å²) in [5.41, 5.74) is 6.55. The van der Waals surface area contributed by atoms with Crippen LogP contribution in [0, 0.1) is 0 Å². The van der Waals surface area contributed by atoms with Crippen molar-refractivity contribution in [3.8, 4) is 5.75 Å². The van der Waals surface area contributed by atoms with Gasteiger partial charge >= 0.3 is 0 Å². The molecule has 0 aromatic heterocycles. The molecule has 1 aromatic carbocycles. The summed E-state index contributed by atoms with van der Waals surface area (Å²) in [5, 5.41) is 9.39. The predicted molar refractivity (Wildman–Crippen MR) is 49.8 cm³/mol. The molecule has 12 heavy (non-hydrogen) atoms. The number of rotatable bonds is 3. The highest BCUT2D eigenvalue weighted by Crippen LogP contribution is 2.23. The fraction of sp³-hybridized carbons (Fsp3) is 0.200. The highest BCUT2D eigenvalue weighted by atomic mass is 16.3. The lowest BCUT2D eigenvalue weighted by Crippen LogP contribution is -2.08. The van der Waals surface area contributed by atoms with Crippen LogP contribution >= 0.6 is 0 Å². The zero-order chi connectivity index (χ0) is 8.97. The largest absolute Gasteiger partial charge is 0.508 e. The molecule has 0 fully saturated rings. The summed E-state index contributed by atoms with van der Waals surface area (Å²) in [7, 11) is 0. The molecule has 0 heterocycles. The van der Waals surface area contributed by atoms with Crippen LogP contribution in [0.5, 0.6) is 5.75 Å². The zero-order valence-corrected chi connectivity index (χ0v) is 6.90. The van der Waals surface area contributed by atoms with Gasteiger partial charge in [0.05, 0.1) is 0 Å². The van der Waals surface area contributed by atoms with Crippen molar-refractivity contribution < 1.29 is 5.11 Å². The van der Waals surface area contributed by atoms with Crippen LogP contribution in [0.15, 0.2) is 36.9 Å². The van der Waals surface area contributed by atoms with Crippen molar-refractivity contribution in [3.05, 3.63) is 42.5 Å². The molecule has 0 spiro atoms. The maximum atomic E-state index is 9.39. The Kier molecular flexibility index (Phi) is 2.88. The average molecular weight is 163 g/mol. The summed E-state index contributed by atoms with van der Waals surface area (Å²) in [5.74, 6) is 0.256. The number of phenols is 1. The third-order valence-electron chi connectivity index (χ3n) is 1.76. The zero-order valence-electron chi connectivity index (χ0n) is 6.90. The molecular weight excluding hydrogens is 150 g/mol. The quantitative estimate of drug-likeness (QED) is 0.669. The number of hydrogen-bond donors (Lipinski definition) is 2. The minimum atomic E-state index is -0.149. The summed E-state index contributed by atoms with van der Waals surface area (Å²) < 4.78 is 0. The standard InChI is InChI=1S/C10H13NO/c1-2-5-9(11)8-6-3-4-7-10(8)12/h2-4,6-7,9,12H,1,5,11H2/t9-/m0/s1. The van der Waals surface area contributed by atoms with Gasteiger partial charge in [0.15, 0.2) is 0 Å². The maximum Gasteiger partial charge on any atom is 0.120 e. The Bertz CT molecular complexity index is 270. The lowest BCUT2D eigenvalue weighted by atomic mass is 10.0. The highest BCUT2D eigenvalue weighted by Gasteiger charge is 2.07. The van der Waals surface area contributed by atoms with Crippen molar-refractivity contribution in [2.45, 2.75) is 12.5 Å². The Morgan fingerprint density at radius 1 is 1.50 bits per heavy atom. The molecule has 2 nitrogen and oxygen atoms in total. The van der Waals surface area contributed by atoms with Crippen molar-refractivity contribution >= 4 is 0 Å². The van der Waals surface area contributed by atoms with Crippen LogP contribution in [0.4, 0.5) is 0 Å². The second kappa shape index (κ2) is 3.93. The van der Waals surface area contributed by atoms with Gasteiger partial charge in [0.25, 0.3) is 0 Å². The van der Waals surface area contributed by atoms with E-state index in [1.54, 1.807) is 18.2 Å². The van der Waals surface area contributed by atoms with Gasteiger partial charge in [-0.05, 0) is 12.5 Å². The predicted octanol–water partition coefficient (Wildman–Crippen LogP) is 1.97. The van der Waals surface area contributed by atoms with Crippen molar-refractivity contribution in [1.29, 1.82) is 0 Å². The van der Waals surface area contributed by atoms with Crippen LogP contribution in [0.2, 0.25) is 0 Å². The van der Waals surface area contributed by atoms with Crippen LogP contribution in [-0.4, -0.2) is 5.11 Å². The van der Waals surface area contributed by atoms with Crippen molar-refractivity contribution in [2.75, 3.05) is 0 Å². The van der Waals surface area contributed by atoms with E-state index >= 15 is 0 Å². The third-order valence-corrected chi connectivity index (χ3v) is 1.76. The van der Waals surface area contributed by atoms with Gasteiger partial charge < -0.3 is 10.8 Å². The minimum absolute atomic E-state index is 0.149. The Morgan fingerprint density at radius 3 is 2.75 bits per heavy atom. The van der Waals surface area contributed by atoms with Crippen LogP contribution in [0.25, 0.3) is 0 Å². The van der Waals surface area contributed by atoms with Crippen LogP contribution in [-0.2, 0) is 0 Å². The number of nitrogens with two attached hydrogens (primary N) is 1. The smallest absolute Gasteiger partial charge is 0.120 e. The van der Waals surface area contributed by atoms with Gasteiger partial charge in [0, 0.05) is 11.6 Å². The second-order valence-corrected chi connectivity index (χ2v) is 2.69. The van der Waals surface area contributed by atoms with E-state index in [1.807, 2.05) is 12.1 Å². The molecule has 0 amide bonds. The Hall–Kier alpha value is -1.28. The van der Waals surface area contributed by atoms with E-state index in [1.165, 1.54) is 0 Å². The van der Waals surface area contributed by atoms with E-state index in [0.717, 1.165) is 5.56 Å². The van der Waals surface area contributed by atoms with Crippen LogP contribution in [0.1, 0.15) is 18.0 Å². The van der Waals surface area contributed by atoms with Crippen molar-refractivity contribution in [2.24, 2.45) is 5.73 Å². The molecule has 0 unspecified atom stereocenters.